The van der Waals surface area contributed by atoms with Crippen LogP contribution in [-0.2, 0) is 17.8 Å². The minimum atomic E-state index is 0.118. The SMILES string of the molecule is Cc1cccc(CCC(=O)N(C)Cc2cc(C)on2)c1. The Morgan fingerprint density at radius 3 is 2.75 bits per heavy atom. The van der Waals surface area contributed by atoms with E-state index in [-0.39, 0.29) is 5.91 Å². The van der Waals surface area contributed by atoms with Crippen LogP contribution >= 0.6 is 0 Å². The van der Waals surface area contributed by atoms with Gasteiger partial charge in [0.2, 0.25) is 5.91 Å². The molecule has 0 fully saturated rings. The number of carbonyl (C=O) groups excluding carboxylic acids is 1. The molecule has 4 heteroatoms. The van der Waals surface area contributed by atoms with E-state index in [0.717, 1.165) is 17.9 Å². The van der Waals surface area contributed by atoms with Gasteiger partial charge in [0.25, 0.3) is 0 Å². The average molecular weight is 272 g/mol. The first kappa shape index (κ1) is 14.3. The Bertz CT molecular complexity index is 590. The van der Waals surface area contributed by atoms with E-state index in [1.54, 1.807) is 11.9 Å². The van der Waals surface area contributed by atoms with Crippen LogP contribution in [0, 0.1) is 13.8 Å². The fourth-order valence-electron chi connectivity index (χ4n) is 2.13. The van der Waals surface area contributed by atoms with E-state index in [2.05, 4.69) is 30.3 Å². The van der Waals surface area contributed by atoms with Crippen LogP contribution in [0.15, 0.2) is 34.9 Å². The Hall–Kier alpha value is -2.10. The smallest absolute Gasteiger partial charge is 0.222 e. The Labute approximate surface area is 119 Å². The van der Waals surface area contributed by atoms with Gasteiger partial charge in [-0.3, -0.25) is 4.79 Å². The molecule has 2 aromatic rings. The molecule has 0 aliphatic heterocycles. The van der Waals surface area contributed by atoms with Gasteiger partial charge in [0.1, 0.15) is 11.5 Å². The van der Waals surface area contributed by atoms with E-state index in [4.69, 9.17) is 4.52 Å². The van der Waals surface area contributed by atoms with Crippen molar-refractivity contribution in [1.82, 2.24) is 10.1 Å². The van der Waals surface area contributed by atoms with Gasteiger partial charge in [-0.05, 0) is 25.8 Å². The lowest BCUT2D eigenvalue weighted by molar-refractivity contribution is -0.130. The third-order valence-electron chi connectivity index (χ3n) is 3.21. The largest absolute Gasteiger partial charge is 0.361 e. The maximum Gasteiger partial charge on any atom is 0.222 e. The predicted molar refractivity (Wildman–Crippen MR) is 77.2 cm³/mol. The summed E-state index contributed by atoms with van der Waals surface area (Å²) >= 11 is 0. The molecule has 0 aliphatic rings. The van der Waals surface area contributed by atoms with Crippen LogP contribution in [0.4, 0.5) is 0 Å². The lowest BCUT2D eigenvalue weighted by Gasteiger charge is -2.15. The van der Waals surface area contributed by atoms with E-state index in [9.17, 15) is 4.79 Å². The first-order chi connectivity index (χ1) is 9.54. The summed E-state index contributed by atoms with van der Waals surface area (Å²) in [5.74, 6) is 0.882. The fraction of sp³-hybridized carbons (Fsp3) is 0.375. The van der Waals surface area contributed by atoms with Gasteiger partial charge in [-0.15, -0.1) is 0 Å². The molecular formula is C16H20N2O2. The summed E-state index contributed by atoms with van der Waals surface area (Å²) in [4.78, 5) is 13.8. The maximum atomic E-state index is 12.1. The maximum absolute atomic E-state index is 12.1. The number of hydrogen-bond donors (Lipinski definition) is 0. The van der Waals surface area contributed by atoms with Crippen molar-refractivity contribution in [3.63, 3.8) is 0 Å². The predicted octanol–water partition coefficient (Wildman–Crippen LogP) is 2.88. The molecule has 0 atom stereocenters. The number of rotatable bonds is 5. The van der Waals surface area contributed by atoms with Crippen LogP contribution in [0.3, 0.4) is 0 Å². The van der Waals surface area contributed by atoms with Gasteiger partial charge in [0, 0.05) is 19.5 Å². The van der Waals surface area contributed by atoms with E-state index < -0.39 is 0 Å². The molecule has 0 saturated heterocycles. The van der Waals surface area contributed by atoms with Crippen molar-refractivity contribution in [3.8, 4) is 0 Å². The van der Waals surface area contributed by atoms with Gasteiger partial charge < -0.3 is 9.42 Å². The highest BCUT2D eigenvalue weighted by atomic mass is 16.5. The van der Waals surface area contributed by atoms with Gasteiger partial charge in [0.05, 0.1) is 6.54 Å². The minimum Gasteiger partial charge on any atom is -0.361 e. The molecule has 1 heterocycles. The summed E-state index contributed by atoms with van der Waals surface area (Å²) < 4.78 is 5.00. The molecule has 1 aromatic heterocycles. The molecule has 1 aromatic carbocycles. The minimum absolute atomic E-state index is 0.118. The third kappa shape index (κ3) is 3.95. The first-order valence-corrected chi connectivity index (χ1v) is 6.76. The van der Waals surface area contributed by atoms with Crippen LogP contribution in [0.2, 0.25) is 0 Å². The number of hydrogen-bond acceptors (Lipinski definition) is 3. The highest BCUT2D eigenvalue weighted by Crippen LogP contribution is 2.09. The number of amides is 1. The van der Waals surface area contributed by atoms with E-state index in [1.165, 1.54) is 11.1 Å². The summed E-state index contributed by atoms with van der Waals surface area (Å²) in [5.41, 5.74) is 3.21. The lowest BCUT2D eigenvalue weighted by atomic mass is 10.1. The van der Waals surface area contributed by atoms with E-state index in [1.807, 2.05) is 19.1 Å². The normalized spacial score (nSPS) is 10.6. The van der Waals surface area contributed by atoms with Crippen molar-refractivity contribution < 1.29 is 9.32 Å². The standard InChI is InChI=1S/C16H20N2O2/c1-12-5-4-6-14(9-12)7-8-16(19)18(3)11-15-10-13(2)20-17-15/h4-6,9-10H,7-8,11H2,1-3H3. The second-order valence-electron chi connectivity index (χ2n) is 5.17. The van der Waals surface area contributed by atoms with Crippen LogP contribution in [0.25, 0.3) is 0 Å². The zero-order valence-corrected chi connectivity index (χ0v) is 12.2. The first-order valence-electron chi connectivity index (χ1n) is 6.76. The van der Waals surface area contributed by atoms with E-state index >= 15 is 0 Å². The van der Waals surface area contributed by atoms with Gasteiger partial charge in [-0.25, -0.2) is 0 Å². The monoisotopic (exact) mass is 272 g/mol. The Morgan fingerprint density at radius 2 is 2.10 bits per heavy atom. The zero-order chi connectivity index (χ0) is 14.5. The van der Waals surface area contributed by atoms with Crippen molar-refractivity contribution >= 4 is 5.91 Å². The number of carbonyl (C=O) groups is 1. The van der Waals surface area contributed by atoms with Crippen LogP contribution < -0.4 is 0 Å². The molecule has 0 N–H and O–H groups in total. The van der Waals surface area contributed by atoms with E-state index in [0.29, 0.717) is 13.0 Å². The number of nitrogens with zero attached hydrogens (tertiary/aromatic N) is 2. The topological polar surface area (TPSA) is 46.3 Å². The number of benzene rings is 1. The molecule has 106 valence electrons. The van der Waals surface area contributed by atoms with Crippen molar-refractivity contribution in [1.29, 1.82) is 0 Å². The molecule has 0 saturated carbocycles. The number of aromatic nitrogens is 1. The highest BCUT2D eigenvalue weighted by Gasteiger charge is 2.11. The lowest BCUT2D eigenvalue weighted by Crippen LogP contribution is -2.26. The third-order valence-corrected chi connectivity index (χ3v) is 3.21. The van der Waals surface area contributed by atoms with Crippen LogP contribution in [-0.4, -0.2) is 23.0 Å². The summed E-state index contributed by atoms with van der Waals surface area (Å²) in [6.07, 6.45) is 1.28. The van der Waals surface area contributed by atoms with Crippen molar-refractivity contribution in [2.24, 2.45) is 0 Å². The van der Waals surface area contributed by atoms with Crippen molar-refractivity contribution in [2.45, 2.75) is 33.2 Å². The van der Waals surface area contributed by atoms with Crippen LogP contribution in [0.5, 0.6) is 0 Å². The molecule has 0 unspecified atom stereocenters. The molecule has 2 rings (SSSR count). The van der Waals surface area contributed by atoms with Gasteiger partial charge >= 0.3 is 0 Å². The molecule has 0 bridgehead atoms. The molecule has 0 aliphatic carbocycles. The zero-order valence-electron chi connectivity index (χ0n) is 12.2. The molecule has 0 spiro atoms. The van der Waals surface area contributed by atoms with Crippen molar-refractivity contribution in [2.75, 3.05) is 7.05 Å². The molecule has 0 radical (unpaired) electrons. The van der Waals surface area contributed by atoms with Gasteiger partial charge in [0.15, 0.2) is 0 Å². The molecular weight excluding hydrogens is 252 g/mol. The summed E-state index contributed by atoms with van der Waals surface area (Å²) in [5, 5.41) is 3.90. The second kappa shape index (κ2) is 6.37. The summed E-state index contributed by atoms with van der Waals surface area (Å²) in [7, 11) is 1.79. The fourth-order valence-corrected chi connectivity index (χ4v) is 2.13. The quantitative estimate of drug-likeness (QED) is 0.840. The summed E-state index contributed by atoms with van der Waals surface area (Å²) in [6.45, 7) is 4.39. The Morgan fingerprint density at radius 1 is 1.30 bits per heavy atom. The highest BCUT2D eigenvalue weighted by molar-refractivity contribution is 5.76. The van der Waals surface area contributed by atoms with Crippen LogP contribution in [0.1, 0.15) is 29.0 Å². The molecule has 4 nitrogen and oxygen atoms in total. The Balaban J connectivity index is 1.85. The van der Waals surface area contributed by atoms with Gasteiger partial charge in [-0.1, -0.05) is 35.0 Å². The van der Waals surface area contributed by atoms with Crippen molar-refractivity contribution in [3.05, 3.63) is 52.9 Å². The average Bonchev–Trinajstić information content (AvgIpc) is 2.81. The van der Waals surface area contributed by atoms with Gasteiger partial charge in [-0.2, -0.15) is 0 Å². The molecule has 1 amide bonds. The number of aryl methyl sites for hydroxylation is 3. The molecule has 20 heavy (non-hydrogen) atoms. The second-order valence-corrected chi connectivity index (χ2v) is 5.17. The summed E-state index contributed by atoms with van der Waals surface area (Å²) in [6, 6.07) is 10.1. The Kier molecular flexibility index (Phi) is 4.56.